The van der Waals surface area contributed by atoms with Crippen LogP contribution in [0.5, 0.6) is 5.75 Å². The van der Waals surface area contributed by atoms with E-state index >= 15 is 0 Å². The largest absolute Gasteiger partial charge is 0.488 e. The van der Waals surface area contributed by atoms with E-state index in [0.29, 0.717) is 43.7 Å². The Morgan fingerprint density at radius 1 is 1.14 bits per heavy atom. The molecule has 0 bridgehead atoms. The summed E-state index contributed by atoms with van der Waals surface area (Å²) in [6.07, 6.45) is 1.77. The molecule has 1 aliphatic heterocycles. The van der Waals surface area contributed by atoms with Gasteiger partial charge in [-0.05, 0) is 79.4 Å². The molecule has 0 saturated carbocycles. The Hall–Kier alpha value is -2.78. The summed E-state index contributed by atoms with van der Waals surface area (Å²) in [5, 5.41) is 10.7. The third-order valence-corrected chi connectivity index (χ3v) is 7.29. The highest BCUT2D eigenvalue weighted by Gasteiger charge is 2.32. The number of carboxylic acids is 1. The molecule has 184 valence electrons. The number of halogens is 3. The van der Waals surface area contributed by atoms with E-state index in [4.69, 9.17) is 33.0 Å². The van der Waals surface area contributed by atoms with E-state index in [1.807, 2.05) is 31.2 Å². The van der Waals surface area contributed by atoms with E-state index in [0.717, 1.165) is 10.0 Å². The van der Waals surface area contributed by atoms with Crippen molar-refractivity contribution < 1.29 is 19.4 Å². The molecule has 1 amide bonds. The first-order chi connectivity index (χ1) is 17.2. The van der Waals surface area contributed by atoms with Crippen LogP contribution in [0.15, 0.2) is 75.0 Å². The summed E-state index contributed by atoms with van der Waals surface area (Å²) in [7, 11) is 0. The molecule has 0 spiro atoms. The fourth-order valence-electron chi connectivity index (χ4n) is 3.36. The minimum absolute atomic E-state index is 0.170. The number of amidine groups is 1. The number of benzene rings is 3. The van der Waals surface area contributed by atoms with E-state index in [1.54, 1.807) is 35.2 Å². The van der Waals surface area contributed by atoms with Gasteiger partial charge >= 0.3 is 5.97 Å². The highest BCUT2D eigenvalue weighted by Crippen LogP contribution is 2.36. The summed E-state index contributed by atoms with van der Waals surface area (Å²) in [4.78, 5) is 30.9. The monoisotopic (exact) mass is 604 g/mol. The zero-order valence-corrected chi connectivity index (χ0v) is 22.8. The van der Waals surface area contributed by atoms with Crippen molar-refractivity contribution in [2.24, 2.45) is 4.99 Å². The maximum atomic E-state index is 13.1. The van der Waals surface area contributed by atoms with Gasteiger partial charge in [0, 0.05) is 32.2 Å². The summed E-state index contributed by atoms with van der Waals surface area (Å²) in [6.45, 7) is 2.54. The minimum atomic E-state index is -1.01. The minimum Gasteiger partial charge on any atom is -0.488 e. The molecule has 36 heavy (non-hydrogen) atoms. The van der Waals surface area contributed by atoms with Gasteiger partial charge in [-0.25, -0.2) is 9.79 Å². The highest BCUT2D eigenvalue weighted by atomic mass is 79.9. The normalized spacial score (nSPS) is 15.7. The molecule has 1 heterocycles. The lowest BCUT2D eigenvalue weighted by atomic mass is 10.1. The van der Waals surface area contributed by atoms with E-state index in [9.17, 15) is 9.59 Å². The van der Waals surface area contributed by atoms with Gasteiger partial charge in [0.2, 0.25) is 0 Å². The van der Waals surface area contributed by atoms with Crippen molar-refractivity contribution in [1.82, 2.24) is 4.90 Å². The van der Waals surface area contributed by atoms with Gasteiger partial charge in [0.05, 0.1) is 16.2 Å². The Morgan fingerprint density at radius 2 is 1.89 bits per heavy atom. The molecule has 1 aliphatic rings. The molecule has 0 unspecified atom stereocenters. The van der Waals surface area contributed by atoms with Crippen LogP contribution in [-0.2, 0) is 11.4 Å². The van der Waals surface area contributed by atoms with Crippen LogP contribution in [0.25, 0.3) is 6.08 Å². The molecular formula is C26H19BrCl2N2O4S. The lowest BCUT2D eigenvalue weighted by molar-refractivity contribution is -0.122. The molecule has 3 aromatic carbocycles. The molecule has 0 radical (unpaired) electrons. The molecule has 1 N–H and O–H groups in total. The van der Waals surface area contributed by atoms with Crippen LogP contribution in [0, 0.1) is 0 Å². The molecule has 1 fully saturated rings. The Labute approximate surface area is 230 Å². The number of hydrogen-bond donors (Lipinski definition) is 1. The van der Waals surface area contributed by atoms with E-state index in [-0.39, 0.29) is 18.1 Å². The zero-order chi connectivity index (χ0) is 25.8. The number of nitrogens with zero attached hydrogens (tertiary/aromatic N) is 2. The van der Waals surface area contributed by atoms with Crippen molar-refractivity contribution in [3.8, 4) is 5.75 Å². The Bertz CT molecular complexity index is 1390. The van der Waals surface area contributed by atoms with Crippen LogP contribution in [0.1, 0.15) is 28.4 Å². The van der Waals surface area contributed by atoms with Crippen molar-refractivity contribution in [3.63, 3.8) is 0 Å². The van der Waals surface area contributed by atoms with Gasteiger partial charge in [-0.3, -0.25) is 9.69 Å². The average Bonchev–Trinajstić information content (AvgIpc) is 3.13. The second-order valence-electron chi connectivity index (χ2n) is 7.61. The molecular weight excluding hydrogens is 587 g/mol. The number of aromatic carboxylic acids is 1. The Kier molecular flexibility index (Phi) is 8.41. The fourth-order valence-corrected chi connectivity index (χ4v) is 5.25. The first-order valence-corrected chi connectivity index (χ1v) is 13.1. The van der Waals surface area contributed by atoms with Crippen LogP contribution in [0.4, 0.5) is 5.69 Å². The zero-order valence-electron chi connectivity index (χ0n) is 18.9. The highest BCUT2D eigenvalue weighted by molar-refractivity contribution is 9.10. The molecule has 0 aromatic heterocycles. The van der Waals surface area contributed by atoms with Crippen LogP contribution < -0.4 is 4.74 Å². The van der Waals surface area contributed by atoms with Crippen LogP contribution in [0.3, 0.4) is 0 Å². The number of rotatable bonds is 7. The predicted octanol–water partition coefficient (Wildman–Crippen LogP) is 7.66. The number of carbonyl (C=O) groups is 2. The van der Waals surface area contributed by atoms with Crippen LogP contribution >= 0.6 is 50.9 Å². The molecule has 6 nitrogen and oxygen atoms in total. The van der Waals surface area contributed by atoms with Gasteiger partial charge in [0.25, 0.3) is 5.91 Å². The van der Waals surface area contributed by atoms with E-state index < -0.39 is 5.97 Å². The lowest BCUT2D eigenvalue weighted by Gasteiger charge is -2.12. The molecule has 0 atom stereocenters. The third kappa shape index (κ3) is 6.13. The first kappa shape index (κ1) is 26.3. The van der Waals surface area contributed by atoms with Crippen molar-refractivity contribution >= 4 is 79.7 Å². The molecule has 4 rings (SSSR count). The maximum absolute atomic E-state index is 13.1. The first-order valence-electron chi connectivity index (χ1n) is 10.7. The SMILES string of the molecule is CCN1C(=O)C(=Cc2cc(Br)ccc2OCc2ccc(Cl)cc2Cl)SC1=Nc1ccc(C(=O)O)cc1. The number of aliphatic imine (C=N–C) groups is 1. The van der Waals surface area contributed by atoms with Gasteiger partial charge in [-0.15, -0.1) is 0 Å². The molecule has 3 aromatic rings. The summed E-state index contributed by atoms with van der Waals surface area (Å²) in [5.74, 6) is -0.594. The summed E-state index contributed by atoms with van der Waals surface area (Å²) < 4.78 is 6.88. The van der Waals surface area contributed by atoms with Crippen molar-refractivity contribution in [2.45, 2.75) is 13.5 Å². The summed E-state index contributed by atoms with van der Waals surface area (Å²) in [6, 6.07) is 17.0. The van der Waals surface area contributed by atoms with Crippen LogP contribution in [0.2, 0.25) is 10.0 Å². The number of hydrogen-bond acceptors (Lipinski definition) is 5. The van der Waals surface area contributed by atoms with E-state index in [1.165, 1.54) is 23.9 Å². The topological polar surface area (TPSA) is 79.2 Å². The summed E-state index contributed by atoms with van der Waals surface area (Å²) in [5.41, 5.74) is 2.23. The van der Waals surface area contributed by atoms with Crippen molar-refractivity contribution in [1.29, 1.82) is 0 Å². The molecule has 10 heteroatoms. The fraction of sp³-hybridized carbons (Fsp3) is 0.115. The maximum Gasteiger partial charge on any atom is 0.335 e. The van der Waals surface area contributed by atoms with Crippen LogP contribution in [-0.4, -0.2) is 33.6 Å². The number of carbonyl (C=O) groups excluding carboxylic acids is 1. The second-order valence-corrected chi connectivity index (χ2v) is 10.4. The number of carboxylic acid groups (broad SMARTS) is 1. The van der Waals surface area contributed by atoms with E-state index in [2.05, 4.69) is 20.9 Å². The van der Waals surface area contributed by atoms with Gasteiger partial charge in [0.1, 0.15) is 12.4 Å². The van der Waals surface area contributed by atoms with Gasteiger partial charge in [0.15, 0.2) is 5.17 Å². The quantitative estimate of drug-likeness (QED) is 0.280. The lowest BCUT2D eigenvalue weighted by Crippen LogP contribution is -2.28. The predicted molar refractivity (Wildman–Crippen MR) is 148 cm³/mol. The molecule has 0 aliphatic carbocycles. The number of thioether (sulfide) groups is 1. The Morgan fingerprint density at radius 3 is 2.56 bits per heavy atom. The van der Waals surface area contributed by atoms with Crippen molar-refractivity contribution in [3.05, 3.63) is 96.8 Å². The smallest absolute Gasteiger partial charge is 0.335 e. The standard InChI is InChI=1S/C26H19BrCl2N2O4S/c1-2-31-24(32)23(36-26(31)30-20-8-4-15(5-9-20)25(33)34)12-17-11-18(27)6-10-22(17)35-14-16-3-7-19(28)13-21(16)29/h3-13H,2,14H2,1H3,(H,33,34). The van der Waals surface area contributed by atoms with Gasteiger partial charge in [-0.2, -0.15) is 0 Å². The average molecular weight is 606 g/mol. The number of amides is 1. The number of likely N-dealkylation sites (N-methyl/N-ethyl adjacent to an activating group) is 1. The third-order valence-electron chi connectivity index (χ3n) is 5.20. The summed E-state index contributed by atoms with van der Waals surface area (Å²) >= 11 is 17.0. The second kappa shape index (κ2) is 11.5. The van der Waals surface area contributed by atoms with Gasteiger partial charge < -0.3 is 9.84 Å². The van der Waals surface area contributed by atoms with Gasteiger partial charge in [-0.1, -0.05) is 45.2 Å². The number of ether oxygens (including phenoxy) is 1. The Balaban J connectivity index is 1.61. The van der Waals surface area contributed by atoms with Crippen molar-refractivity contribution in [2.75, 3.05) is 6.54 Å². The molecule has 1 saturated heterocycles.